The van der Waals surface area contributed by atoms with Gasteiger partial charge in [0.05, 0.1) is 4.90 Å². The van der Waals surface area contributed by atoms with Gasteiger partial charge in [0.25, 0.3) is 5.89 Å². The molecule has 8 nitrogen and oxygen atoms in total. The Kier molecular flexibility index (Phi) is 6.62. The third-order valence-electron chi connectivity index (χ3n) is 6.35. The van der Waals surface area contributed by atoms with Gasteiger partial charge in [0.15, 0.2) is 0 Å². The molecule has 0 unspecified atom stereocenters. The fourth-order valence-electron chi connectivity index (χ4n) is 4.42. The summed E-state index contributed by atoms with van der Waals surface area (Å²) in [6, 6.07) is 10.5. The molecule has 2 aliphatic rings. The zero-order valence-electron chi connectivity index (χ0n) is 18.7. The van der Waals surface area contributed by atoms with E-state index in [2.05, 4.69) is 10.1 Å². The lowest BCUT2D eigenvalue weighted by Gasteiger charge is -2.32. The van der Waals surface area contributed by atoms with Crippen molar-refractivity contribution in [2.75, 3.05) is 26.2 Å². The van der Waals surface area contributed by atoms with E-state index in [-0.39, 0.29) is 16.7 Å². The van der Waals surface area contributed by atoms with E-state index < -0.39 is 10.0 Å². The predicted octanol–water partition coefficient (Wildman–Crippen LogP) is 3.99. The summed E-state index contributed by atoms with van der Waals surface area (Å²) in [6.07, 6.45) is 6.91. The van der Waals surface area contributed by atoms with E-state index in [0.717, 1.165) is 30.8 Å². The molecule has 0 bridgehead atoms. The molecule has 0 spiro atoms. The van der Waals surface area contributed by atoms with Crippen LogP contribution < -0.4 is 0 Å². The summed E-state index contributed by atoms with van der Waals surface area (Å²) in [6.45, 7) is 2.38. The molecule has 4 heterocycles. The SMILES string of the molecule is O=C(C1CCN(S(=O)(=O)c2ccc(-c3noc(/C=C/c4cccs4)n3)cc2)CC1)N1CCCC1. The molecule has 2 aliphatic heterocycles. The standard InChI is InChI=1S/C24H26N4O4S2/c29-24(27-13-1-2-14-27)19-11-15-28(16-12-19)34(30,31)21-8-5-18(6-9-21)23-25-22(32-26-23)10-7-20-4-3-17-33-20/h3-10,17,19H,1-2,11-16H2/b10-7+. The number of carbonyl (C=O) groups excluding carboxylic acids is 1. The van der Waals surface area contributed by atoms with Crippen LogP contribution in [0.25, 0.3) is 23.5 Å². The molecule has 1 aromatic carbocycles. The van der Waals surface area contributed by atoms with Gasteiger partial charge in [-0.3, -0.25) is 4.79 Å². The van der Waals surface area contributed by atoms with Gasteiger partial charge in [0.2, 0.25) is 21.8 Å². The molecule has 0 saturated carbocycles. The van der Waals surface area contributed by atoms with Crippen molar-refractivity contribution < 1.29 is 17.7 Å². The summed E-state index contributed by atoms with van der Waals surface area (Å²) >= 11 is 1.61. The number of likely N-dealkylation sites (tertiary alicyclic amines) is 1. The smallest absolute Gasteiger partial charge is 0.250 e. The summed E-state index contributed by atoms with van der Waals surface area (Å²) in [5, 5.41) is 5.99. The quantitative estimate of drug-likeness (QED) is 0.510. The summed E-state index contributed by atoms with van der Waals surface area (Å²) in [7, 11) is -3.62. The average molecular weight is 499 g/mol. The van der Waals surface area contributed by atoms with E-state index in [0.29, 0.717) is 43.2 Å². The number of amides is 1. The normalized spacial score (nSPS) is 18.2. The first kappa shape index (κ1) is 22.9. The number of benzene rings is 1. The first-order chi connectivity index (χ1) is 16.5. The Hall–Kier alpha value is -2.82. The Balaban J connectivity index is 1.22. The molecule has 178 valence electrons. The van der Waals surface area contributed by atoms with E-state index in [9.17, 15) is 13.2 Å². The van der Waals surface area contributed by atoms with Crippen LogP contribution in [0.15, 0.2) is 51.2 Å². The zero-order valence-corrected chi connectivity index (χ0v) is 20.3. The fraction of sp³-hybridized carbons (Fsp3) is 0.375. The molecule has 5 rings (SSSR count). The molecule has 2 aromatic heterocycles. The highest BCUT2D eigenvalue weighted by Gasteiger charge is 2.34. The van der Waals surface area contributed by atoms with Crippen LogP contribution in [-0.4, -0.2) is 59.8 Å². The van der Waals surface area contributed by atoms with Crippen molar-refractivity contribution in [2.45, 2.75) is 30.6 Å². The maximum atomic E-state index is 13.1. The second kappa shape index (κ2) is 9.81. The van der Waals surface area contributed by atoms with Crippen LogP contribution in [0.4, 0.5) is 0 Å². The van der Waals surface area contributed by atoms with Crippen molar-refractivity contribution in [3.05, 3.63) is 52.5 Å². The van der Waals surface area contributed by atoms with Crippen LogP contribution in [0.1, 0.15) is 36.5 Å². The number of rotatable bonds is 6. The minimum Gasteiger partial charge on any atom is -0.342 e. The van der Waals surface area contributed by atoms with Gasteiger partial charge in [-0.25, -0.2) is 8.42 Å². The van der Waals surface area contributed by atoms with Crippen LogP contribution in [0, 0.1) is 5.92 Å². The Morgan fingerprint density at radius 2 is 1.76 bits per heavy atom. The molecule has 0 N–H and O–H groups in total. The highest BCUT2D eigenvalue weighted by atomic mass is 32.2. The van der Waals surface area contributed by atoms with Gasteiger partial charge in [0, 0.05) is 48.6 Å². The lowest BCUT2D eigenvalue weighted by Crippen LogP contribution is -2.43. The molecular formula is C24H26N4O4S2. The van der Waals surface area contributed by atoms with Crippen molar-refractivity contribution in [2.24, 2.45) is 5.92 Å². The number of thiophene rings is 1. The maximum Gasteiger partial charge on any atom is 0.250 e. The second-order valence-electron chi connectivity index (χ2n) is 8.54. The molecule has 0 aliphatic carbocycles. The predicted molar refractivity (Wildman–Crippen MR) is 130 cm³/mol. The van der Waals surface area contributed by atoms with Gasteiger partial charge < -0.3 is 9.42 Å². The Bertz CT molecular complexity index is 1250. The van der Waals surface area contributed by atoms with Gasteiger partial charge in [-0.05, 0) is 67.5 Å². The van der Waals surface area contributed by atoms with Crippen LogP contribution in [0.2, 0.25) is 0 Å². The average Bonchev–Trinajstić information content (AvgIpc) is 3.65. The van der Waals surface area contributed by atoms with Crippen LogP contribution in [0.3, 0.4) is 0 Å². The lowest BCUT2D eigenvalue weighted by atomic mass is 9.97. The molecule has 34 heavy (non-hydrogen) atoms. The fourth-order valence-corrected chi connectivity index (χ4v) is 6.51. The van der Waals surface area contributed by atoms with Gasteiger partial charge in [-0.1, -0.05) is 11.2 Å². The number of sulfonamides is 1. The van der Waals surface area contributed by atoms with Gasteiger partial charge in [-0.2, -0.15) is 9.29 Å². The van der Waals surface area contributed by atoms with Gasteiger partial charge in [-0.15, -0.1) is 11.3 Å². The topological polar surface area (TPSA) is 96.6 Å². The third kappa shape index (κ3) is 4.84. The number of aromatic nitrogens is 2. The van der Waals surface area contributed by atoms with Crippen LogP contribution in [-0.2, 0) is 14.8 Å². The maximum absolute atomic E-state index is 13.1. The third-order valence-corrected chi connectivity index (χ3v) is 9.10. The highest BCUT2D eigenvalue weighted by molar-refractivity contribution is 7.89. The molecular weight excluding hydrogens is 472 g/mol. The monoisotopic (exact) mass is 498 g/mol. The number of hydrogen-bond acceptors (Lipinski definition) is 7. The molecule has 3 aromatic rings. The van der Waals surface area contributed by atoms with E-state index in [1.807, 2.05) is 28.5 Å². The molecule has 2 fully saturated rings. The minimum atomic E-state index is -3.62. The lowest BCUT2D eigenvalue weighted by molar-refractivity contribution is -0.135. The van der Waals surface area contributed by atoms with E-state index in [1.54, 1.807) is 41.7 Å². The number of piperidine rings is 1. The molecule has 2 saturated heterocycles. The summed E-state index contributed by atoms with van der Waals surface area (Å²) in [5.41, 5.74) is 0.674. The summed E-state index contributed by atoms with van der Waals surface area (Å²) in [5.74, 6) is 0.888. The molecule has 0 atom stereocenters. The largest absolute Gasteiger partial charge is 0.342 e. The number of hydrogen-bond donors (Lipinski definition) is 0. The Morgan fingerprint density at radius 1 is 1.03 bits per heavy atom. The number of carbonyl (C=O) groups is 1. The van der Waals surface area contributed by atoms with Crippen molar-refractivity contribution in [3.63, 3.8) is 0 Å². The first-order valence-electron chi connectivity index (χ1n) is 11.5. The van der Waals surface area contributed by atoms with Crippen molar-refractivity contribution in [1.82, 2.24) is 19.3 Å². The van der Waals surface area contributed by atoms with E-state index >= 15 is 0 Å². The minimum absolute atomic E-state index is 0.0757. The van der Waals surface area contributed by atoms with Gasteiger partial charge in [0.1, 0.15) is 0 Å². The van der Waals surface area contributed by atoms with Crippen molar-refractivity contribution in [1.29, 1.82) is 0 Å². The van der Waals surface area contributed by atoms with Crippen LogP contribution >= 0.6 is 11.3 Å². The van der Waals surface area contributed by atoms with Crippen LogP contribution in [0.5, 0.6) is 0 Å². The van der Waals surface area contributed by atoms with E-state index in [4.69, 9.17) is 4.52 Å². The first-order valence-corrected chi connectivity index (χ1v) is 13.8. The van der Waals surface area contributed by atoms with E-state index in [1.165, 1.54) is 4.31 Å². The number of nitrogens with zero attached hydrogens (tertiary/aromatic N) is 4. The summed E-state index contributed by atoms with van der Waals surface area (Å²) in [4.78, 5) is 20.2. The molecule has 10 heteroatoms. The molecule has 1 amide bonds. The van der Waals surface area contributed by atoms with Crippen molar-refractivity contribution in [3.8, 4) is 11.4 Å². The summed E-state index contributed by atoms with van der Waals surface area (Å²) < 4.78 is 33.0. The molecule has 0 radical (unpaired) electrons. The zero-order chi connectivity index (χ0) is 23.5. The Morgan fingerprint density at radius 3 is 2.44 bits per heavy atom. The van der Waals surface area contributed by atoms with Crippen molar-refractivity contribution >= 4 is 39.4 Å². The van der Waals surface area contributed by atoms with Gasteiger partial charge >= 0.3 is 0 Å². The second-order valence-corrected chi connectivity index (χ2v) is 11.5. The highest BCUT2D eigenvalue weighted by Crippen LogP contribution is 2.27. The Labute approximate surface area is 202 Å².